The highest BCUT2D eigenvalue weighted by Gasteiger charge is 2.17. The van der Waals surface area contributed by atoms with Gasteiger partial charge in [0.15, 0.2) is 0 Å². The van der Waals surface area contributed by atoms with Crippen LogP contribution in [0.2, 0.25) is 0 Å². The summed E-state index contributed by atoms with van der Waals surface area (Å²) in [7, 11) is 0. The Morgan fingerprint density at radius 3 is 2.65 bits per heavy atom. The van der Waals surface area contributed by atoms with E-state index in [-0.39, 0.29) is 18.6 Å². The van der Waals surface area contributed by atoms with Crippen LogP contribution >= 0.6 is 0 Å². The summed E-state index contributed by atoms with van der Waals surface area (Å²) in [6.07, 6.45) is 2.24. The van der Waals surface area contributed by atoms with Crippen LogP contribution in [0.15, 0.2) is 42.5 Å². The zero-order chi connectivity index (χ0) is 18.4. The number of aryl methyl sites for hydroxylation is 2. The molecule has 0 saturated carbocycles. The van der Waals surface area contributed by atoms with Crippen molar-refractivity contribution in [3.63, 3.8) is 0 Å². The molecule has 2 aromatic rings. The van der Waals surface area contributed by atoms with Gasteiger partial charge in [0.05, 0.1) is 18.3 Å². The van der Waals surface area contributed by atoms with Gasteiger partial charge in [0.1, 0.15) is 12.4 Å². The number of rotatable bonds is 7. The maximum absolute atomic E-state index is 12.4. The number of hydrogen-bond acceptors (Lipinski definition) is 4. The Hall–Kier alpha value is -2.53. The van der Waals surface area contributed by atoms with E-state index in [0.717, 1.165) is 36.3 Å². The summed E-state index contributed by atoms with van der Waals surface area (Å²) in [5, 5.41) is 6.15. The van der Waals surface area contributed by atoms with E-state index in [0.29, 0.717) is 18.0 Å². The van der Waals surface area contributed by atoms with Crippen LogP contribution < -0.4 is 15.4 Å². The van der Waals surface area contributed by atoms with Gasteiger partial charge in [-0.1, -0.05) is 30.3 Å². The number of carbonyl (C=O) groups excluding carboxylic acids is 1. The van der Waals surface area contributed by atoms with Crippen molar-refractivity contribution in [3.8, 4) is 5.75 Å². The van der Waals surface area contributed by atoms with Crippen LogP contribution in [0.5, 0.6) is 5.75 Å². The van der Waals surface area contributed by atoms with Crippen LogP contribution in [0.1, 0.15) is 24.0 Å². The standard InChI is InChI=1S/C21H26N2O3/c1-15-7-5-8-16(2)21(15)22-13-20(24)23-18-10-3-4-11-19(18)26-14-17-9-6-12-25-17/h3-5,7-8,10-11,17,22H,6,9,12-14H2,1-2H3,(H,23,24). The molecule has 2 aromatic carbocycles. The summed E-state index contributed by atoms with van der Waals surface area (Å²) in [4.78, 5) is 12.4. The van der Waals surface area contributed by atoms with Gasteiger partial charge >= 0.3 is 0 Å². The third-order valence-corrected chi connectivity index (χ3v) is 4.52. The molecule has 0 aliphatic carbocycles. The highest BCUT2D eigenvalue weighted by atomic mass is 16.5. The Labute approximate surface area is 154 Å². The summed E-state index contributed by atoms with van der Waals surface area (Å²) < 4.78 is 11.4. The first-order chi connectivity index (χ1) is 12.6. The third kappa shape index (κ3) is 4.76. The highest BCUT2D eigenvalue weighted by molar-refractivity contribution is 5.95. The Balaban J connectivity index is 1.57. The molecule has 5 heteroatoms. The largest absolute Gasteiger partial charge is 0.489 e. The van der Waals surface area contributed by atoms with Crippen LogP contribution in [0.3, 0.4) is 0 Å². The molecular formula is C21H26N2O3. The summed E-state index contributed by atoms with van der Waals surface area (Å²) >= 11 is 0. The first-order valence-corrected chi connectivity index (χ1v) is 9.07. The maximum atomic E-state index is 12.4. The molecule has 2 N–H and O–H groups in total. The van der Waals surface area contributed by atoms with Crippen LogP contribution in [0, 0.1) is 13.8 Å². The molecular weight excluding hydrogens is 328 g/mol. The van der Waals surface area contributed by atoms with E-state index in [1.807, 2.05) is 56.3 Å². The second kappa shape index (κ2) is 8.72. The maximum Gasteiger partial charge on any atom is 0.243 e. The Morgan fingerprint density at radius 1 is 1.15 bits per heavy atom. The quantitative estimate of drug-likeness (QED) is 0.791. The second-order valence-corrected chi connectivity index (χ2v) is 6.61. The number of nitrogens with one attached hydrogen (secondary N) is 2. The van der Waals surface area contributed by atoms with Gasteiger partial charge in [0.2, 0.25) is 5.91 Å². The zero-order valence-corrected chi connectivity index (χ0v) is 15.4. The molecule has 0 aromatic heterocycles. The van der Waals surface area contributed by atoms with Crippen molar-refractivity contribution < 1.29 is 14.3 Å². The lowest BCUT2D eigenvalue weighted by molar-refractivity contribution is -0.114. The molecule has 1 heterocycles. The van der Waals surface area contributed by atoms with Crippen molar-refractivity contribution in [2.24, 2.45) is 0 Å². The number of amides is 1. The van der Waals surface area contributed by atoms with Crippen LogP contribution in [0.4, 0.5) is 11.4 Å². The highest BCUT2D eigenvalue weighted by Crippen LogP contribution is 2.25. The van der Waals surface area contributed by atoms with Crippen molar-refractivity contribution in [1.29, 1.82) is 0 Å². The molecule has 1 atom stereocenters. The normalized spacial score (nSPS) is 16.3. The van der Waals surface area contributed by atoms with Crippen LogP contribution in [-0.4, -0.2) is 31.8 Å². The molecule has 0 spiro atoms. The van der Waals surface area contributed by atoms with E-state index in [9.17, 15) is 4.79 Å². The van der Waals surface area contributed by atoms with Gasteiger partial charge in [-0.15, -0.1) is 0 Å². The zero-order valence-electron chi connectivity index (χ0n) is 15.4. The number of para-hydroxylation sites is 3. The van der Waals surface area contributed by atoms with E-state index in [1.165, 1.54) is 0 Å². The molecule has 1 aliphatic rings. The summed E-state index contributed by atoms with van der Waals surface area (Å²) in [6, 6.07) is 13.6. The molecule has 3 rings (SSSR count). The Bertz CT molecular complexity index is 734. The second-order valence-electron chi connectivity index (χ2n) is 6.61. The first kappa shape index (κ1) is 18.3. The first-order valence-electron chi connectivity index (χ1n) is 9.07. The number of anilines is 2. The molecule has 5 nitrogen and oxygen atoms in total. The van der Waals surface area contributed by atoms with Crippen molar-refractivity contribution >= 4 is 17.3 Å². The lowest BCUT2D eigenvalue weighted by Gasteiger charge is -2.16. The van der Waals surface area contributed by atoms with Crippen molar-refractivity contribution in [1.82, 2.24) is 0 Å². The predicted molar refractivity (Wildman–Crippen MR) is 104 cm³/mol. The van der Waals surface area contributed by atoms with E-state index >= 15 is 0 Å². The molecule has 1 amide bonds. The molecule has 1 fully saturated rings. The smallest absolute Gasteiger partial charge is 0.243 e. The van der Waals surface area contributed by atoms with Gasteiger partial charge in [-0.2, -0.15) is 0 Å². The Morgan fingerprint density at radius 2 is 1.92 bits per heavy atom. The molecule has 138 valence electrons. The van der Waals surface area contributed by atoms with Gasteiger partial charge in [-0.05, 0) is 49.9 Å². The summed E-state index contributed by atoms with van der Waals surface area (Å²) in [5.74, 6) is 0.559. The van der Waals surface area contributed by atoms with Crippen molar-refractivity contribution in [2.75, 3.05) is 30.4 Å². The molecule has 26 heavy (non-hydrogen) atoms. The van der Waals surface area contributed by atoms with Gasteiger partial charge < -0.3 is 20.1 Å². The molecule has 1 aliphatic heterocycles. The molecule has 0 radical (unpaired) electrons. The summed E-state index contributed by atoms with van der Waals surface area (Å²) in [6.45, 7) is 5.57. The lowest BCUT2D eigenvalue weighted by Crippen LogP contribution is -2.23. The van der Waals surface area contributed by atoms with Crippen molar-refractivity contribution in [3.05, 3.63) is 53.6 Å². The van der Waals surface area contributed by atoms with Crippen molar-refractivity contribution in [2.45, 2.75) is 32.8 Å². The van der Waals surface area contributed by atoms with E-state index in [4.69, 9.17) is 9.47 Å². The minimum absolute atomic E-state index is 0.110. The van der Waals surface area contributed by atoms with Gasteiger partial charge in [-0.25, -0.2) is 0 Å². The average molecular weight is 354 g/mol. The fourth-order valence-electron chi connectivity index (χ4n) is 3.11. The van der Waals surface area contributed by atoms with Gasteiger partial charge in [0.25, 0.3) is 0 Å². The predicted octanol–water partition coefficient (Wildman–Crippen LogP) is 3.91. The molecule has 0 bridgehead atoms. The average Bonchev–Trinajstić information content (AvgIpc) is 3.14. The number of ether oxygens (including phenoxy) is 2. The fourth-order valence-corrected chi connectivity index (χ4v) is 3.11. The van der Waals surface area contributed by atoms with Crippen LogP contribution in [0.25, 0.3) is 0 Å². The minimum atomic E-state index is -0.110. The van der Waals surface area contributed by atoms with E-state index in [2.05, 4.69) is 10.6 Å². The molecule has 1 saturated heterocycles. The van der Waals surface area contributed by atoms with Gasteiger partial charge in [0, 0.05) is 12.3 Å². The lowest BCUT2D eigenvalue weighted by atomic mass is 10.1. The number of hydrogen-bond donors (Lipinski definition) is 2. The number of carbonyl (C=O) groups is 1. The topological polar surface area (TPSA) is 59.6 Å². The van der Waals surface area contributed by atoms with E-state index < -0.39 is 0 Å². The third-order valence-electron chi connectivity index (χ3n) is 4.52. The minimum Gasteiger partial charge on any atom is -0.489 e. The number of benzene rings is 2. The fraction of sp³-hybridized carbons (Fsp3) is 0.381. The summed E-state index contributed by atoms with van der Waals surface area (Å²) in [5.41, 5.74) is 3.93. The Kier molecular flexibility index (Phi) is 6.12. The van der Waals surface area contributed by atoms with Crippen LogP contribution in [-0.2, 0) is 9.53 Å². The SMILES string of the molecule is Cc1cccc(C)c1NCC(=O)Nc1ccccc1OCC1CCCO1. The van der Waals surface area contributed by atoms with E-state index in [1.54, 1.807) is 0 Å². The van der Waals surface area contributed by atoms with Gasteiger partial charge in [-0.3, -0.25) is 4.79 Å². The monoisotopic (exact) mass is 354 g/mol. The molecule has 1 unspecified atom stereocenters.